The third kappa shape index (κ3) is 8.16. The predicted molar refractivity (Wildman–Crippen MR) is 95.9 cm³/mol. The number of guanidine groups is 1. The molecular formula is C15H23FIN3O2. The second-order valence-corrected chi connectivity index (χ2v) is 4.48. The molecular weight excluding hydrogens is 400 g/mol. The average Bonchev–Trinajstić information content (AvgIpc) is 2.51. The Labute approximate surface area is 147 Å². The van der Waals surface area contributed by atoms with Crippen LogP contribution in [0.5, 0.6) is 0 Å². The van der Waals surface area contributed by atoms with Crippen LogP contribution in [-0.4, -0.2) is 32.6 Å². The number of esters is 1. The molecule has 0 bridgehead atoms. The number of rotatable bonds is 7. The first-order valence-electron chi connectivity index (χ1n) is 6.92. The zero-order valence-corrected chi connectivity index (χ0v) is 15.2. The highest BCUT2D eigenvalue weighted by atomic mass is 127. The minimum atomic E-state index is -0.237. The molecule has 2 N–H and O–H groups in total. The number of methoxy groups -OCH3 is 1. The molecule has 1 aromatic rings. The molecule has 1 aromatic carbocycles. The topological polar surface area (TPSA) is 62.7 Å². The zero-order valence-electron chi connectivity index (χ0n) is 12.9. The molecule has 7 heteroatoms. The number of hydrogen-bond acceptors (Lipinski definition) is 3. The van der Waals surface area contributed by atoms with Gasteiger partial charge in [0.05, 0.1) is 7.11 Å². The molecule has 0 radical (unpaired) electrons. The number of nitrogens with one attached hydrogen (secondary N) is 2. The van der Waals surface area contributed by atoms with Gasteiger partial charge in [0.15, 0.2) is 5.96 Å². The standard InChI is InChI=1S/C15H22FN3O2.HI/c1-17-15(18-10-6-5-9-14(20)21-2)19-11-12-7-3-4-8-13(12)16;/h3-4,7-8H,5-6,9-11H2,1-2H3,(H2,17,18,19);1H. The smallest absolute Gasteiger partial charge is 0.305 e. The Kier molecular flexibility index (Phi) is 11.4. The molecule has 5 nitrogen and oxygen atoms in total. The zero-order chi connectivity index (χ0) is 15.5. The first kappa shape index (κ1) is 20.6. The first-order chi connectivity index (χ1) is 10.2. The number of halogens is 2. The maximum absolute atomic E-state index is 13.5. The van der Waals surface area contributed by atoms with Crippen LogP contribution in [-0.2, 0) is 16.1 Å². The van der Waals surface area contributed by atoms with E-state index >= 15 is 0 Å². The molecule has 0 amide bonds. The average molecular weight is 423 g/mol. The molecule has 0 heterocycles. The third-order valence-corrected chi connectivity index (χ3v) is 2.96. The van der Waals surface area contributed by atoms with E-state index in [4.69, 9.17) is 0 Å². The largest absolute Gasteiger partial charge is 0.469 e. The first-order valence-corrected chi connectivity index (χ1v) is 6.92. The van der Waals surface area contributed by atoms with Crippen molar-refractivity contribution in [3.63, 3.8) is 0 Å². The molecule has 0 aliphatic rings. The second kappa shape index (κ2) is 12.2. The van der Waals surface area contributed by atoms with Crippen LogP contribution >= 0.6 is 24.0 Å². The van der Waals surface area contributed by atoms with Crippen molar-refractivity contribution in [1.82, 2.24) is 10.6 Å². The van der Waals surface area contributed by atoms with Crippen molar-refractivity contribution in [3.8, 4) is 0 Å². The molecule has 22 heavy (non-hydrogen) atoms. The van der Waals surface area contributed by atoms with Gasteiger partial charge in [-0.3, -0.25) is 9.79 Å². The SMILES string of the molecule is CN=C(NCCCCC(=O)OC)NCc1ccccc1F.I. The number of carbonyl (C=O) groups is 1. The van der Waals surface area contributed by atoms with Crippen LogP contribution in [0.3, 0.4) is 0 Å². The lowest BCUT2D eigenvalue weighted by Gasteiger charge is -2.12. The van der Waals surface area contributed by atoms with Gasteiger partial charge in [-0.15, -0.1) is 24.0 Å². The van der Waals surface area contributed by atoms with Gasteiger partial charge in [-0.05, 0) is 18.9 Å². The van der Waals surface area contributed by atoms with E-state index in [2.05, 4.69) is 20.4 Å². The fourth-order valence-electron chi connectivity index (χ4n) is 1.74. The van der Waals surface area contributed by atoms with Gasteiger partial charge in [-0.1, -0.05) is 18.2 Å². The normalized spacial score (nSPS) is 10.6. The Morgan fingerprint density at radius 2 is 2.00 bits per heavy atom. The lowest BCUT2D eigenvalue weighted by Crippen LogP contribution is -2.37. The van der Waals surface area contributed by atoms with Gasteiger partial charge in [0.2, 0.25) is 0 Å². The van der Waals surface area contributed by atoms with Crippen LogP contribution in [0.1, 0.15) is 24.8 Å². The number of aliphatic imine (C=N–C) groups is 1. The van der Waals surface area contributed by atoms with Crippen LogP contribution in [0, 0.1) is 5.82 Å². The molecule has 0 aliphatic heterocycles. The van der Waals surface area contributed by atoms with Gasteiger partial charge in [-0.25, -0.2) is 4.39 Å². The van der Waals surface area contributed by atoms with Crippen molar-refractivity contribution in [3.05, 3.63) is 35.6 Å². The Hall–Kier alpha value is -1.38. The van der Waals surface area contributed by atoms with E-state index in [-0.39, 0.29) is 35.8 Å². The summed E-state index contributed by atoms with van der Waals surface area (Å²) >= 11 is 0. The quantitative estimate of drug-likeness (QED) is 0.233. The van der Waals surface area contributed by atoms with Gasteiger partial charge >= 0.3 is 5.97 Å². The van der Waals surface area contributed by atoms with E-state index in [1.165, 1.54) is 13.2 Å². The molecule has 0 aromatic heterocycles. The molecule has 1 rings (SSSR count). The number of benzene rings is 1. The molecule has 0 saturated heterocycles. The minimum absolute atomic E-state index is 0. The van der Waals surface area contributed by atoms with Crippen molar-refractivity contribution in [2.45, 2.75) is 25.8 Å². The Bertz CT molecular complexity index is 484. The minimum Gasteiger partial charge on any atom is -0.469 e. The van der Waals surface area contributed by atoms with E-state index in [0.717, 1.165) is 12.8 Å². The maximum Gasteiger partial charge on any atom is 0.305 e. The number of hydrogen-bond donors (Lipinski definition) is 2. The fraction of sp³-hybridized carbons (Fsp3) is 0.467. The highest BCUT2D eigenvalue weighted by Gasteiger charge is 2.03. The fourth-order valence-corrected chi connectivity index (χ4v) is 1.74. The van der Waals surface area contributed by atoms with E-state index < -0.39 is 0 Å². The summed E-state index contributed by atoms with van der Waals surface area (Å²) in [6, 6.07) is 6.61. The molecule has 0 saturated carbocycles. The van der Waals surface area contributed by atoms with E-state index in [0.29, 0.717) is 31.0 Å². The summed E-state index contributed by atoms with van der Waals surface area (Å²) in [6.07, 6.45) is 2.00. The predicted octanol–water partition coefficient (Wildman–Crippen LogP) is 2.45. The summed E-state index contributed by atoms with van der Waals surface area (Å²) in [7, 11) is 3.04. The van der Waals surface area contributed by atoms with Crippen molar-refractivity contribution >= 4 is 35.9 Å². The molecule has 0 fully saturated rings. The Morgan fingerprint density at radius 1 is 1.27 bits per heavy atom. The molecule has 0 atom stereocenters. The summed E-state index contributed by atoms with van der Waals surface area (Å²) in [6.45, 7) is 1.06. The van der Waals surface area contributed by atoms with Gasteiger partial charge in [0, 0.05) is 32.1 Å². The maximum atomic E-state index is 13.5. The van der Waals surface area contributed by atoms with Crippen molar-refractivity contribution in [2.75, 3.05) is 20.7 Å². The highest BCUT2D eigenvalue weighted by Crippen LogP contribution is 2.05. The van der Waals surface area contributed by atoms with Gasteiger partial charge < -0.3 is 15.4 Å². The Morgan fingerprint density at radius 3 is 2.64 bits per heavy atom. The number of unbranched alkanes of at least 4 members (excludes halogenated alkanes) is 1. The van der Waals surface area contributed by atoms with Gasteiger partial charge in [0.1, 0.15) is 5.82 Å². The monoisotopic (exact) mass is 423 g/mol. The van der Waals surface area contributed by atoms with Crippen molar-refractivity contribution in [2.24, 2.45) is 4.99 Å². The van der Waals surface area contributed by atoms with E-state index in [1.54, 1.807) is 25.2 Å². The number of carbonyl (C=O) groups excluding carboxylic acids is 1. The van der Waals surface area contributed by atoms with Crippen LogP contribution < -0.4 is 10.6 Å². The highest BCUT2D eigenvalue weighted by molar-refractivity contribution is 14.0. The van der Waals surface area contributed by atoms with Crippen molar-refractivity contribution < 1.29 is 13.9 Å². The summed E-state index contributed by atoms with van der Waals surface area (Å²) in [5, 5.41) is 6.16. The summed E-state index contributed by atoms with van der Waals surface area (Å²) < 4.78 is 18.0. The number of nitrogens with zero attached hydrogens (tertiary/aromatic N) is 1. The molecule has 0 aliphatic carbocycles. The second-order valence-electron chi connectivity index (χ2n) is 4.48. The lowest BCUT2D eigenvalue weighted by atomic mass is 10.2. The molecule has 124 valence electrons. The van der Waals surface area contributed by atoms with Gasteiger partial charge in [0.25, 0.3) is 0 Å². The van der Waals surface area contributed by atoms with Crippen LogP contribution in [0.15, 0.2) is 29.3 Å². The summed E-state index contributed by atoms with van der Waals surface area (Å²) in [4.78, 5) is 15.0. The third-order valence-electron chi connectivity index (χ3n) is 2.96. The number of ether oxygens (including phenoxy) is 1. The molecule has 0 unspecified atom stereocenters. The lowest BCUT2D eigenvalue weighted by molar-refractivity contribution is -0.140. The van der Waals surface area contributed by atoms with E-state index in [9.17, 15) is 9.18 Å². The van der Waals surface area contributed by atoms with Crippen molar-refractivity contribution in [1.29, 1.82) is 0 Å². The van der Waals surface area contributed by atoms with Crippen LogP contribution in [0.2, 0.25) is 0 Å². The Balaban J connectivity index is 0.00000441. The van der Waals surface area contributed by atoms with E-state index in [1.807, 2.05) is 0 Å². The molecule has 0 spiro atoms. The summed E-state index contributed by atoms with van der Waals surface area (Å²) in [5.74, 6) is 0.173. The van der Waals surface area contributed by atoms with Crippen LogP contribution in [0.25, 0.3) is 0 Å². The van der Waals surface area contributed by atoms with Crippen LogP contribution in [0.4, 0.5) is 4.39 Å². The van der Waals surface area contributed by atoms with Gasteiger partial charge in [-0.2, -0.15) is 0 Å². The summed E-state index contributed by atoms with van der Waals surface area (Å²) in [5.41, 5.74) is 0.589.